The fourth-order valence-electron chi connectivity index (χ4n) is 2.47. The first-order chi connectivity index (χ1) is 9.51. The molecule has 1 heterocycles. The minimum Gasteiger partial charge on any atom is -0.461 e. The Balaban J connectivity index is 2.16. The van der Waals surface area contributed by atoms with Crippen LogP contribution >= 0.6 is 11.3 Å². The molecule has 0 amide bonds. The van der Waals surface area contributed by atoms with Crippen molar-refractivity contribution in [3.63, 3.8) is 0 Å². The molecule has 1 aromatic rings. The Hall–Kier alpha value is -1.43. The molecule has 0 spiro atoms. The fourth-order valence-corrected chi connectivity index (χ4v) is 3.40. The molecule has 0 aliphatic heterocycles. The second kappa shape index (κ2) is 6.35. The first-order valence-electron chi connectivity index (χ1n) is 6.96. The van der Waals surface area contributed by atoms with Crippen molar-refractivity contribution in [1.82, 2.24) is 4.98 Å². The van der Waals surface area contributed by atoms with Gasteiger partial charge in [0.05, 0.1) is 6.61 Å². The van der Waals surface area contributed by atoms with Crippen molar-refractivity contribution in [2.45, 2.75) is 46.1 Å². The highest BCUT2D eigenvalue weighted by molar-refractivity contribution is 7.17. The lowest BCUT2D eigenvalue weighted by Gasteiger charge is -2.10. The Labute approximate surface area is 122 Å². The number of thiazole rings is 1. The van der Waals surface area contributed by atoms with Crippen molar-refractivity contribution in [3.05, 3.63) is 10.6 Å². The van der Waals surface area contributed by atoms with E-state index in [9.17, 15) is 9.59 Å². The van der Waals surface area contributed by atoms with E-state index >= 15 is 0 Å². The van der Waals surface area contributed by atoms with E-state index in [4.69, 9.17) is 4.74 Å². The number of esters is 1. The molecule has 2 unspecified atom stereocenters. The number of hydrogen-bond donors (Lipinski definition) is 1. The Morgan fingerprint density at radius 3 is 2.75 bits per heavy atom. The molecule has 0 radical (unpaired) electrons. The third-order valence-electron chi connectivity index (χ3n) is 3.44. The predicted molar refractivity (Wildman–Crippen MR) is 78.5 cm³/mol. The lowest BCUT2D eigenvalue weighted by molar-refractivity contribution is 0.0517. The third kappa shape index (κ3) is 3.36. The number of carbonyl (C=O) groups excluding carboxylic acids is 2. The summed E-state index contributed by atoms with van der Waals surface area (Å²) in [7, 11) is 0. The van der Waals surface area contributed by atoms with Gasteiger partial charge in [0.25, 0.3) is 0 Å². The number of ketones is 1. The zero-order chi connectivity index (χ0) is 14.7. The molecule has 20 heavy (non-hydrogen) atoms. The van der Waals surface area contributed by atoms with Gasteiger partial charge in [-0.3, -0.25) is 4.79 Å². The average Bonchev–Trinajstić information content (AvgIpc) is 2.97. The van der Waals surface area contributed by atoms with E-state index in [2.05, 4.69) is 17.2 Å². The normalized spacial score (nSPS) is 21.8. The molecule has 0 aromatic carbocycles. The van der Waals surface area contributed by atoms with Crippen LogP contribution in [0.25, 0.3) is 0 Å². The van der Waals surface area contributed by atoms with Crippen LogP contribution in [0, 0.1) is 5.92 Å². The summed E-state index contributed by atoms with van der Waals surface area (Å²) >= 11 is 1.24. The number of nitrogens with zero attached hydrogens (tertiary/aromatic N) is 1. The summed E-state index contributed by atoms with van der Waals surface area (Å²) in [4.78, 5) is 28.0. The Morgan fingerprint density at radius 1 is 1.45 bits per heavy atom. The van der Waals surface area contributed by atoms with Gasteiger partial charge in [0.1, 0.15) is 4.88 Å². The van der Waals surface area contributed by atoms with E-state index in [-0.39, 0.29) is 18.1 Å². The molecule has 0 bridgehead atoms. The largest absolute Gasteiger partial charge is 0.461 e. The minimum absolute atomic E-state index is 0.137. The van der Waals surface area contributed by atoms with Gasteiger partial charge in [-0.05, 0) is 32.1 Å². The van der Waals surface area contributed by atoms with Crippen molar-refractivity contribution >= 4 is 28.2 Å². The average molecular weight is 296 g/mol. The molecule has 5 nitrogen and oxygen atoms in total. The summed E-state index contributed by atoms with van der Waals surface area (Å²) in [5, 5.41) is 3.97. The molecule has 6 heteroatoms. The molecular formula is C14H20N2O3S. The van der Waals surface area contributed by atoms with E-state index in [0.29, 0.717) is 22.0 Å². The first-order valence-corrected chi connectivity index (χ1v) is 7.78. The summed E-state index contributed by atoms with van der Waals surface area (Å²) < 4.78 is 4.94. The van der Waals surface area contributed by atoms with E-state index in [1.165, 1.54) is 24.7 Å². The quantitative estimate of drug-likeness (QED) is 0.668. The van der Waals surface area contributed by atoms with Gasteiger partial charge in [0, 0.05) is 13.0 Å². The molecule has 1 aliphatic rings. The number of Topliss-reactive ketones (excluding diaryl/α,β-unsaturated/α-hetero) is 1. The molecule has 0 saturated heterocycles. The maximum Gasteiger partial charge on any atom is 0.358 e. The molecule has 110 valence electrons. The van der Waals surface area contributed by atoms with E-state index in [1.54, 1.807) is 6.92 Å². The SMILES string of the molecule is CCOC(=O)c1nc(NC2CCC(C)C2)sc1C(C)=O. The maximum atomic E-state index is 11.8. The molecule has 1 fully saturated rings. The van der Waals surface area contributed by atoms with E-state index < -0.39 is 5.97 Å². The zero-order valence-corrected chi connectivity index (χ0v) is 12.9. The topological polar surface area (TPSA) is 68.3 Å². The third-order valence-corrected chi connectivity index (χ3v) is 4.53. The van der Waals surface area contributed by atoms with Crippen molar-refractivity contribution in [2.75, 3.05) is 11.9 Å². The zero-order valence-electron chi connectivity index (χ0n) is 12.1. The van der Waals surface area contributed by atoms with Gasteiger partial charge in [0.2, 0.25) is 0 Å². The molecule has 2 rings (SSSR count). The summed E-state index contributed by atoms with van der Waals surface area (Å²) in [6.07, 6.45) is 3.40. The summed E-state index contributed by atoms with van der Waals surface area (Å²) in [5.41, 5.74) is 0.137. The summed E-state index contributed by atoms with van der Waals surface area (Å²) in [6.45, 7) is 5.68. The predicted octanol–water partition coefficient (Wildman–Crippen LogP) is 3.12. The van der Waals surface area contributed by atoms with Crippen LogP contribution in [0.5, 0.6) is 0 Å². The number of hydrogen-bond acceptors (Lipinski definition) is 6. The standard InChI is InChI=1S/C14H20N2O3S/c1-4-19-13(18)11-12(9(3)17)20-14(16-11)15-10-6-5-8(2)7-10/h8,10H,4-7H2,1-3H3,(H,15,16). The monoisotopic (exact) mass is 296 g/mol. The Bertz CT molecular complexity index is 513. The number of rotatable bonds is 5. The van der Waals surface area contributed by atoms with Gasteiger partial charge in [-0.25, -0.2) is 9.78 Å². The van der Waals surface area contributed by atoms with Crippen LogP contribution in [0.2, 0.25) is 0 Å². The van der Waals surface area contributed by atoms with Crippen molar-refractivity contribution < 1.29 is 14.3 Å². The number of ether oxygens (including phenoxy) is 1. The highest BCUT2D eigenvalue weighted by Crippen LogP contribution is 2.30. The second-order valence-corrected chi connectivity index (χ2v) is 6.23. The lowest BCUT2D eigenvalue weighted by Crippen LogP contribution is -2.15. The van der Waals surface area contributed by atoms with Crippen LogP contribution in [-0.4, -0.2) is 29.4 Å². The minimum atomic E-state index is -0.526. The van der Waals surface area contributed by atoms with Gasteiger partial charge in [0.15, 0.2) is 16.6 Å². The molecule has 1 N–H and O–H groups in total. The van der Waals surface area contributed by atoms with Gasteiger partial charge in [-0.15, -0.1) is 0 Å². The molecule has 1 saturated carbocycles. The Morgan fingerprint density at radius 2 is 2.20 bits per heavy atom. The van der Waals surface area contributed by atoms with Gasteiger partial charge < -0.3 is 10.1 Å². The fraction of sp³-hybridized carbons (Fsp3) is 0.643. The first kappa shape index (κ1) is 15.0. The van der Waals surface area contributed by atoms with Gasteiger partial charge >= 0.3 is 5.97 Å². The lowest BCUT2D eigenvalue weighted by atomic mass is 10.1. The summed E-state index contributed by atoms with van der Waals surface area (Å²) in [5.74, 6) is 0.0319. The van der Waals surface area contributed by atoms with Crippen molar-refractivity contribution in [2.24, 2.45) is 5.92 Å². The molecule has 1 aromatic heterocycles. The van der Waals surface area contributed by atoms with Crippen LogP contribution in [0.15, 0.2) is 0 Å². The molecule has 2 atom stereocenters. The van der Waals surface area contributed by atoms with E-state index in [0.717, 1.165) is 12.8 Å². The summed E-state index contributed by atoms with van der Waals surface area (Å²) in [6, 6.07) is 0.381. The number of anilines is 1. The van der Waals surface area contributed by atoms with Crippen LogP contribution in [0.4, 0.5) is 5.13 Å². The van der Waals surface area contributed by atoms with Gasteiger partial charge in [-0.1, -0.05) is 18.3 Å². The van der Waals surface area contributed by atoms with Crippen LogP contribution in [0.1, 0.15) is 60.2 Å². The van der Waals surface area contributed by atoms with Crippen LogP contribution < -0.4 is 5.32 Å². The van der Waals surface area contributed by atoms with Crippen molar-refractivity contribution in [1.29, 1.82) is 0 Å². The van der Waals surface area contributed by atoms with Crippen molar-refractivity contribution in [3.8, 4) is 0 Å². The number of aromatic nitrogens is 1. The Kier molecular flexibility index (Phi) is 4.75. The van der Waals surface area contributed by atoms with E-state index in [1.807, 2.05) is 0 Å². The second-order valence-electron chi connectivity index (χ2n) is 5.23. The smallest absolute Gasteiger partial charge is 0.358 e. The molecule has 1 aliphatic carbocycles. The maximum absolute atomic E-state index is 11.8. The highest BCUT2D eigenvalue weighted by Gasteiger charge is 2.25. The number of nitrogens with one attached hydrogen (secondary N) is 1. The number of carbonyl (C=O) groups is 2. The molecular weight excluding hydrogens is 276 g/mol. The highest BCUT2D eigenvalue weighted by atomic mass is 32.1. The van der Waals surface area contributed by atoms with Crippen LogP contribution in [0.3, 0.4) is 0 Å². The van der Waals surface area contributed by atoms with Gasteiger partial charge in [-0.2, -0.15) is 0 Å². The van der Waals surface area contributed by atoms with Crippen LogP contribution in [-0.2, 0) is 4.74 Å².